The molecule has 1 heterocycles. The van der Waals surface area contributed by atoms with Gasteiger partial charge in [0.15, 0.2) is 0 Å². The fourth-order valence-corrected chi connectivity index (χ4v) is 2.64. The summed E-state index contributed by atoms with van der Waals surface area (Å²) in [6.45, 7) is 12.2. The number of hydrogen-bond donors (Lipinski definition) is 1. The summed E-state index contributed by atoms with van der Waals surface area (Å²) in [6, 6.07) is -1.23. The van der Waals surface area contributed by atoms with Gasteiger partial charge in [-0.25, -0.2) is 14.5 Å². The quantitative estimate of drug-likeness (QED) is 0.789. The van der Waals surface area contributed by atoms with Gasteiger partial charge >= 0.3 is 12.1 Å². The molecule has 0 unspecified atom stereocenters. The molecule has 1 fully saturated rings. The number of carboxylic acids is 1. The first-order valence-corrected chi connectivity index (χ1v) is 7.09. The van der Waals surface area contributed by atoms with E-state index < -0.39 is 35.0 Å². The highest BCUT2D eigenvalue weighted by Crippen LogP contribution is 2.43. The monoisotopic (exact) mass is 309 g/mol. The van der Waals surface area contributed by atoms with Crippen molar-refractivity contribution in [2.24, 2.45) is 5.41 Å². The van der Waals surface area contributed by atoms with E-state index in [0.717, 1.165) is 4.90 Å². The van der Waals surface area contributed by atoms with Gasteiger partial charge in [-0.1, -0.05) is 12.2 Å². The number of ether oxygens (including phenoxy) is 1. The van der Waals surface area contributed by atoms with Crippen molar-refractivity contribution in [3.8, 4) is 0 Å². The molecule has 22 heavy (non-hydrogen) atoms. The predicted octanol–water partition coefficient (Wildman–Crippen LogP) is 2.75. The zero-order chi connectivity index (χ0) is 17.1. The molecule has 6 nitrogen and oxygen atoms in total. The third-order valence-electron chi connectivity index (χ3n) is 3.51. The van der Waals surface area contributed by atoms with E-state index in [4.69, 9.17) is 4.74 Å². The van der Waals surface area contributed by atoms with Crippen LogP contribution in [0.1, 0.15) is 40.0 Å². The van der Waals surface area contributed by atoms with Crippen LogP contribution in [0, 0.1) is 5.41 Å². The molecule has 2 amide bonds. The normalized spacial score (nSPS) is 20.6. The number of hydrogen-bond acceptors (Lipinski definition) is 4. The summed E-state index contributed by atoms with van der Waals surface area (Å²) in [7, 11) is 0. The number of carbonyl (C=O) groups excluding carboxylic acids is 2. The van der Waals surface area contributed by atoms with Crippen LogP contribution in [0.4, 0.5) is 4.79 Å². The number of rotatable bonds is 5. The van der Waals surface area contributed by atoms with E-state index in [1.54, 1.807) is 32.9 Å². The largest absolute Gasteiger partial charge is 0.480 e. The molecule has 0 aromatic rings. The van der Waals surface area contributed by atoms with E-state index in [9.17, 15) is 19.5 Å². The molecule has 1 aliphatic heterocycles. The molecule has 0 saturated carbocycles. The fraction of sp³-hybridized carbons (Fsp3) is 0.562. The maximum Gasteiger partial charge on any atom is 0.417 e. The molecule has 1 aliphatic rings. The van der Waals surface area contributed by atoms with E-state index in [-0.39, 0.29) is 19.3 Å². The SMILES string of the molecule is C=CCC1(CC=C)C[C@@H](C(=O)O)N(C(=O)OC(C)(C)C)C1=O. The average Bonchev–Trinajstić information content (AvgIpc) is 2.62. The molecule has 1 rings (SSSR count). The Hall–Kier alpha value is -2.11. The van der Waals surface area contributed by atoms with Gasteiger partial charge in [0, 0.05) is 0 Å². The summed E-state index contributed by atoms with van der Waals surface area (Å²) < 4.78 is 5.17. The molecular formula is C16H23NO5. The summed E-state index contributed by atoms with van der Waals surface area (Å²) in [5, 5.41) is 9.36. The van der Waals surface area contributed by atoms with E-state index >= 15 is 0 Å². The lowest BCUT2D eigenvalue weighted by molar-refractivity contribution is -0.146. The first-order valence-electron chi connectivity index (χ1n) is 7.09. The third kappa shape index (κ3) is 3.55. The molecule has 0 radical (unpaired) electrons. The lowest BCUT2D eigenvalue weighted by Gasteiger charge is -2.27. The van der Waals surface area contributed by atoms with E-state index in [0.29, 0.717) is 0 Å². The Morgan fingerprint density at radius 3 is 2.23 bits per heavy atom. The average molecular weight is 309 g/mol. The molecular weight excluding hydrogens is 286 g/mol. The van der Waals surface area contributed by atoms with E-state index in [2.05, 4.69) is 13.2 Å². The summed E-state index contributed by atoms with van der Waals surface area (Å²) in [5.74, 6) is -1.77. The molecule has 6 heteroatoms. The molecule has 0 aromatic heterocycles. The first kappa shape index (κ1) is 17.9. The summed E-state index contributed by atoms with van der Waals surface area (Å²) in [6.07, 6.45) is 2.76. The van der Waals surface area contributed by atoms with Gasteiger partial charge in [-0.15, -0.1) is 13.2 Å². The molecule has 0 aliphatic carbocycles. The minimum Gasteiger partial charge on any atom is -0.480 e. The predicted molar refractivity (Wildman–Crippen MR) is 81.2 cm³/mol. The molecule has 0 spiro atoms. The second-order valence-corrected chi connectivity index (χ2v) is 6.48. The van der Waals surface area contributed by atoms with Crippen LogP contribution in [0.2, 0.25) is 0 Å². The number of imide groups is 1. The lowest BCUT2D eigenvalue weighted by Crippen LogP contribution is -2.46. The smallest absolute Gasteiger partial charge is 0.417 e. The van der Waals surface area contributed by atoms with Crippen LogP contribution in [-0.2, 0) is 14.3 Å². The maximum absolute atomic E-state index is 12.7. The number of aliphatic carboxylic acids is 1. The van der Waals surface area contributed by atoms with Gasteiger partial charge in [-0.05, 0) is 40.0 Å². The number of amides is 2. The number of carbonyl (C=O) groups is 3. The highest BCUT2D eigenvalue weighted by molar-refractivity contribution is 6.02. The minimum atomic E-state index is -1.23. The van der Waals surface area contributed by atoms with Crippen LogP contribution >= 0.6 is 0 Å². The Bertz CT molecular complexity index is 493. The Kier molecular flexibility index (Phi) is 5.17. The van der Waals surface area contributed by atoms with Gasteiger partial charge in [0.2, 0.25) is 5.91 Å². The summed E-state index contributed by atoms with van der Waals surface area (Å²) >= 11 is 0. The highest BCUT2D eigenvalue weighted by atomic mass is 16.6. The van der Waals surface area contributed by atoms with Crippen molar-refractivity contribution in [3.05, 3.63) is 25.3 Å². The Morgan fingerprint density at radius 1 is 1.36 bits per heavy atom. The van der Waals surface area contributed by atoms with Gasteiger partial charge in [0.05, 0.1) is 5.41 Å². The van der Waals surface area contributed by atoms with Crippen molar-refractivity contribution < 1.29 is 24.2 Å². The van der Waals surface area contributed by atoms with E-state index in [1.165, 1.54) is 0 Å². The van der Waals surface area contributed by atoms with Gasteiger partial charge < -0.3 is 9.84 Å². The molecule has 1 atom stereocenters. The standard InChI is InChI=1S/C16H23NO5/c1-6-8-16(9-7-2)10-11(12(18)19)17(13(16)20)14(21)22-15(3,4)5/h6-7,11H,1-2,8-10H2,3-5H3,(H,18,19)/t11-/m0/s1. The van der Waals surface area contributed by atoms with Crippen molar-refractivity contribution >= 4 is 18.0 Å². The second kappa shape index (κ2) is 6.34. The molecule has 122 valence electrons. The Morgan fingerprint density at radius 2 is 1.86 bits per heavy atom. The number of nitrogens with zero attached hydrogens (tertiary/aromatic N) is 1. The molecule has 0 bridgehead atoms. The number of allylic oxidation sites excluding steroid dienone is 2. The zero-order valence-corrected chi connectivity index (χ0v) is 13.3. The van der Waals surface area contributed by atoms with Crippen LogP contribution in [0.15, 0.2) is 25.3 Å². The van der Waals surface area contributed by atoms with Crippen LogP contribution in [0.3, 0.4) is 0 Å². The molecule has 0 aromatic carbocycles. The van der Waals surface area contributed by atoms with Gasteiger partial charge in [-0.3, -0.25) is 4.79 Å². The van der Waals surface area contributed by atoms with Crippen LogP contribution in [-0.4, -0.2) is 39.6 Å². The van der Waals surface area contributed by atoms with Gasteiger partial charge in [0.25, 0.3) is 0 Å². The lowest BCUT2D eigenvalue weighted by atomic mass is 9.78. The first-order chi connectivity index (χ1) is 10.1. The van der Waals surface area contributed by atoms with Crippen molar-refractivity contribution in [1.82, 2.24) is 4.90 Å². The van der Waals surface area contributed by atoms with Crippen molar-refractivity contribution in [3.63, 3.8) is 0 Å². The van der Waals surface area contributed by atoms with Crippen molar-refractivity contribution in [2.45, 2.75) is 51.7 Å². The van der Waals surface area contributed by atoms with Crippen LogP contribution < -0.4 is 0 Å². The number of likely N-dealkylation sites (tertiary alicyclic amines) is 1. The minimum absolute atomic E-state index is 0.0262. The van der Waals surface area contributed by atoms with Crippen LogP contribution in [0.25, 0.3) is 0 Å². The molecule has 1 N–H and O–H groups in total. The summed E-state index contributed by atoms with van der Waals surface area (Å²) in [4.78, 5) is 37.2. The Balaban J connectivity index is 3.20. The highest BCUT2D eigenvalue weighted by Gasteiger charge is 2.56. The van der Waals surface area contributed by atoms with E-state index in [1.807, 2.05) is 0 Å². The van der Waals surface area contributed by atoms with Gasteiger partial charge in [0.1, 0.15) is 11.6 Å². The second-order valence-electron chi connectivity index (χ2n) is 6.48. The maximum atomic E-state index is 12.7. The van der Waals surface area contributed by atoms with Crippen molar-refractivity contribution in [1.29, 1.82) is 0 Å². The van der Waals surface area contributed by atoms with Gasteiger partial charge in [-0.2, -0.15) is 0 Å². The zero-order valence-electron chi connectivity index (χ0n) is 13.3. The van der Waals surface area contributed by atoms with Crippen LogP contribution in [0.5, 0.6) is 0 Å². The molecule has 1 saturated heterocycles. The third-order valence-corrected chi connectivity index (χ3v) is 3.51. The van der Waals surface area contributed by atoms with Crippen molar-refractivity contribution in [2.75, 3.05) is 0 Å². The fourth-order valence-electron chi connectivity index (χ4n) is 2.64. The summed E-state index contributed by atoms with van der Waals surface area (Å²) in [5.41, 5.74) is -1.81. The number of carboxylic acid groups (broad SMARTS) is 1. The Labute approximate surface area is 130 Å². The topological polar surface area (TPSA) is 83.9 Å².